The van der Waals surface area contributed by atoms with Crippen LogP contribution in [0, 0.1) is 13.8 Å². The molecule has 0 aliphatic rings. The van der Waals surface area contributed by atoms with Gasteiger partial charge in [-0.1, -0.05) is 13.0 Å². The molecule has 3 nitrogen and oxygen atoms in total. The van der Waals surface area contributed by atoms with Crippen molar-refractivity contribution in [2.45, 2.75) is 27.2 Å². The van der Waals surface area contributed by atoms with Crippen molar-refractivity contribution >= 4 is 5.97 Å². The average Bonchev–Trinajstić information content (AvgIpc) is 2.28. The molecule has 3 heteroatoms. The second-order valence-electron chi connectivity index (χ2n) is 3.95. The molecule has 0 aliphatic heterocycles. The summed E-state index contributed by atoms with van der Waals surface area (Å²) in [5.74, 6) is -0.110. The van der Waals surface area contributed by atoms with E-state index in [4.69, 9.17) is 9.84 Å². The Morgan fingerprint density at radius 3 is 2.59 bits per heavy atom. The molecule has 1 aromatic carbocycles. The third-order valence-corrected chi connectivity index (χ3v) is 2.71. The Morgan fingerprint density at radius 2 is 2.06 bits per heavy atom. The van der Waals surface area contributed by atoms with E-state index in [0.717, 1.165) is 5.75 Å². The molecular weight excluding hydrogens is 216 g/mol. The van der Waals surface area contributed by atoms with Crippen molar-refractivity contribution in [1.29, 1.82) is 0 Å². The molecule has 0 saturated heterocycles. The van der Waals surface area contributed by atoms with Crippen LogP contribution in [0.5, 0.6) is 5.75 Å². The Labute approximate surface area is 102 Å². The summed E-state index contributed by atoms with van der Waals surface area (Å²) in [6.45, 7) is 6.17. The lowest BCUT2D eigenvalue weighted by molar-refractivity contribution is -0.132. The van der Waals surface area contributed by atoms with Crippen molar-refractivity contribution in [3.63, 3.8) is 0 Å². The molecule has 92 valence electrons. The van der Waals surface area contributed by atoms with Gasteiger partial charge in [-0.25, -0.2) is 4.79 Å². The van der Waals surface area contributed by atoms with Crippen molar-refractivity contribution in [2.75, 3.05) is 6.61 Å². The van der Waals surface area contributed by atoms with Gasteiger partial charge in [-0.3, -0.25) is 0 Å². The van der Waals surface area contributed by atoms with E-state index in [9.17, 15) is 4.79 Å². The third-order valence-electron chi connectivity index (χ3n) is 2.71. The van der Waals surface area contributed by atoms with Crippen molar-refractivity contribution in [2.24, 2.45) is 0 Å². The monoisotopic (exact) mass is 234 g/mol. The zero-order valence-corrected chi connectivity index (χ0v) is 10.5. The van der Waals surface area contributed by atoms with E-state index in [2.05, 4.69) is 0 Å². The highest BCUT2D eigenvalue weighted by Crippen LogP contribution is 2.16. The second kappa shape index (κ2) is 6.09. The van der Waals surface area contributed by atoms with Gasteiger partial charge < -0.3 is 9.84 Å². The molecule has 0 radical (unpaired) electrons. The number of carbonyl (C=O) groups is 1. The number of carboxylic acid groups (broad SMARTS) is 1. The summed E-state index contributed by atoms with van der Waals surface area (Å²) in [6, 6.07) is 5.84. The molecule has 0 bridgehead atoms. The summed E-state index contributed by atoms with van der Waals surface area (Å²) in [5.41, 5.74) is 2.77. The first-order valence-electron chi connectivity index (χ1n) is 5.67. The number of aliphatic carboxylic acids is 1. The van der Waals surface area contributed by atoms with Crippen molar-refractivity contribution in [1.82, 2.24) is 0 Å². The quantitative estimate of drug-likeness (QED) is 0.796. The Kier molecular flexibility index (Phi) is 4.76. The highest BCUT2D eigenvalue weighted by molar-refractivity contribution is 5.86. The van der Waals surface area contributed by atoms with Crippen LogP contribution in [0.15, 0.2) is 29.8 Å². The number of benzene rings is 1. The van der Waals surface area contributed by atoms with Crippen LogP contribution < -0.4 is 4.74 Å². The van der Waals surface area contributed by atoms with E-state index in [1.165, 1.54) is 11.1 Å². The number of rotatable bonds is 5. The first-order chi connectivity index (χ1) is 8.04. The molecule has 0 amide bonds. The fourth-order valence-electron chi connectivity index (χ4n) is 1.43. The van der Waals surface area contributed by atoms with Crippen molar-refractivity contribution in [3.8, 4) is 5.75 Å². The maximum Gasteiger partial charge on any atom is 0.331 e. The first kappa shape index (κ1) is 13.3. The molecule has 0 aromatic heterocycles. The molecule has 0 spiro atoms. The minimum atomic E-state index is -0.879. The maximum absolute atomic E-state index is 10.7. The highest BCUT2D eigenvalue weighted by Gasteiger charge is 2.03. The summed E-state index contributed by atoms with van der Waals surface area (Å²) in [7, 11) is 0. The van der Waals surface area contributed by atoms with Gasteiger partial charge in [0.25, 0.3) is 0 Å². The topological polar surface area (TPSA) is 46.5 Å². The molecule has 0 saturated carbocycles. The standard InChI is InChI=1S/C14H18O3/c1-4-12(14(15)16)7-8-17-13-6-5-10(2)11(3)9-13/h5-7,9H,4,8H2,1-3H3,(H,15,16). The number of aryl methyl sites for hydroxylation is 2. The Balaban J connectivity index is 2.61. The van der Waals surface area contributed by atoms with Gasteiger partial charge in [0.1, 0.15) is 12.4 Å². The normalized spacial score (nSPS) is 11.4. The van der Waals surface area contributed by atoms with Crippen LogP contribution in [-0.2, 0) is 4.79 Å². The maximum atomic E-state index is 10.7. The van der Waals surface area contributed by atoms with Gasteiger partial charge in [0, 0.05) is 5.57 Å². The molecular formula is C14H18O3. The van der Waals surface area contributed by atoms with Gasteiger partial charge >= 0.3 is 5.97 Å². The zero-order valence-electron chi connectivity index (χ0n) is 10.5. The molecule has 1 rings (SSSR count). The predicted molar refractivity (Wildman–Crippen MR) is 67.4 cm³/mol. The van der Waals surface area contributed by atoms with Crippen molar-refractivity contribution in [3.05, 3.63) is 41.0 Å². The fourth-order valence-corrected chi connectivity index (χ4v) is 1.43. The average molecular weight is 234 g/mol. The summed E-state index contributed by atoms with van der Waals surface area (Å²) >= 11 is 0. The van der Waals surface area contributed by atoms with Gasteiger partial charge in [0.2, 0.25) is 0 Å². The third kappa shape index (κ3) is 3.94. The van der Waals surface area contributed by atoms with Gasteiger partial charge in [-0.2, -0.15) is 0 Å². The second-order valence-corrected chi connectivity index (χ2v) is 3.95. The van der Waals surface area contributed by atoms with Gasteiger partial charge in [-0.05, 0) is 49.6 Å². The minimum absolute atomic E-state index is 0.290. The Bertz CT molecular complexity index is 433. The van der Waals surface area contributed by atoms with Crippen LogP contribution in [-0.4, -0.2) is 17.7 Å². The molecule has 0 heterocycles. The lowest BCUT2D eigenvalue weighted by atomic mass is 10.1. The summed E-state index contributed by atoms with van der Waals surface area (Å²) in [4.78, 5) is 10.7. The molecule has 0 atom stereocenters. The van der Waals surface area contributed by atoms with Crippen LogP contribution in [0.2, 0.25) is 0 Å². The SMILES string of the molecule is CCC(=CCOc1ccc(C)c(C)c1)C(=O)O. The van der Waals surface area contributed by atoms with Crippen LogP contribution in [0.3, 0.4) is 0 Å². The zero-order chi connectivity index (χ0) is 12.8. The van der Waals surface area contributed by atoms with E-state index >= 15 is 0 Å². The van der Waals surface area contributed by atoms with Crippen LogP contribution >= 0.6 is 0 Å². The summed E-state index contributed by atoms with van der Waals surface area (Å²) in [5, 5.41) is 8.83. The molecule has 0 unspecified atom stereocenters. The van der Waals surface area contributed by atoms with Gasteiger partial charge in [0.05, 0.1) is 0 Å². The van der Waals surface area contributed by atoms with Gasteiger partial charge in [-0.15, -0.1) is 0 Å². The largest absolute Gasteiger partial charge is 0.490 e. The fraction of sp³-hybridized carbons (Fsp3) is 0.357. The molecule has 0 fully saturated rings. The van der Waals surface area contributed by atoms with Crippen molar-refractivity contribution < 1.29 is 14.6 Å². The van der Waals surface area contributed by atoms with E-state index in [-0.39, 0.29) is 6.61 Å². The predicted octanol–water partition coefficient (Wildman–Crippen LogP) is 3.10. The lowest BCUT2D eigenvalue weighted by Gasteiger charge is -2.06. The van der Waals surface area contributed by atoms with Crippen LogP contribution in [0.4, 0.5) is 0 Å². The van der Waals surface area contributed by atoms with E-state index < -0.39 is 5.97 Å². The Morgan fingerprint density at radius 1 is 1.35 bits per heavy atom. The smallest absolute Gasteiger partial charge is 0.331 e. The number of hydrogen-bond donors (Lipinski definition) is 1. The lowest BCUT2D eigenvalue weighted by Crippen LogP contribution is -2.03. The van der Waals surface area contributed by atoms with E-state index in [0.29, 0.717) is 12.0 Å². The first-order valence-corrected chi connectivity index (χ1v) is 5.67. The Hall–Kier alpha value is -1.77. The number of hydrogen-bond acceptors (Lipinski definition) is 2. The number of carboxylic acids is 1. The van der Waals surface area contributed by atoms with Crippen LogP contribution in [0.25, 0.3) is 0 Å². The minimum Gasteiger partial charge on any atom is -0.490 e. The molecule has 1 aromatic rings. The van der Waals surface area contributed by atoms with Gasteiger partial charge in [0.15, 0.2) is 0 Å². The summed E-state index contributed by atoms with van der Waals surface area (Å²) < 4.78 is 5.48. The highest BCUT2D eigenvalue weighted by atomic mass is 16.5. The molecule has 1 N–H and O–H groups in total. The number of ether oxygens (including phenoxy) is 1. The summed E-state index contributed by atoms with van der Waals surface area (Å²) in [6.07, 6.45) is 2.11. The van der Waals surface area contributed by atoms with E-state index in [1.54, 1.807) is 6.08 Å². The molecule has 17 heavy (non-hydrogen) atoms. The van der Waals surface area contributed by atoms with E-state index in [1.807, 2.05) is 39.0 Å². The van der Waals surface area contributed by atoms with Crippen LogP contribution in [0.1, 0.15) is 24.5 Å². The molecule has 0 aliphatic carbocycles.